The van der Waals surface area contributed by atoms with E-state index in [1.54, 1.807) is 0 Å². The van der Waals surface area contributed by atoms with Crippen molar-refractivity contribution in [2.75, 3.05) is 0 Å². The van der Waals surface area contributed by atoms with Crippen molar-refractivity contribution < 1.29 is 35.1 Å². The first-order chi connectivity index (χ1) is 10.0. The summed E-state index contributed by atoms with van der Waals surface area (Å²) in [5.41, 5.74) is 3.60. The molecule has 0 radical (unpaired) electrons. The zero-order valence-corrected chi connectivity index (χ0v) is 10.3. The van der Waals surface area contributed by atoms with Gasteiger partial charge in [-0.15, -0.1) is 0 Å². The third-order valence-electron chi connectivity index (χ3n) is 3.06. The summed E-state index contributed by atoms with van der Waals surface area (Å²) in [5.74, 6) is -16.0. The summed E-state index contributed by atoms with van der Waals surface area (Å²) >= 11 is 0. The molecule has 0 bridgehead atoms. The highest BCUT2D eigenvalue weighted by Crippen LogP contribution is 2.39. The summed E-state index contributed by atoms with van der Waals surface area (Å²) in [6.07, 6.45) is -3.11. The minimum absolute atomic E-state index is 0.0241. The molecule has 1 aromatic rings. The van der Waals surface area contributed by atoms with E-state index < -0.39 is 63.7 Å². The number of nitrogens with two attached hydrogens (primary N) is 2. The quantitative estimate of drug-likeness (QED) is 0.360. The number of rotatable bonds is 1. The standard InChI is InChI=1S/C12H6F8N2/c13-3-1-2(5(14)11(20)12(3,21)22)4-6(15)8(17)10(19)9(18)7(4)16/h1,11H,21-22H2. The van der Waals surface area contributed by atoms with Crippen LogP contribution >= 0.6 is 0 Å². The van der Waals surface area contributed by atoms with E-state index in [-0.39, 0.29) is 6.08 Å². The Morgan fingerprint density at radius 2 is 1.18 bits per heavy atom. The molecule has 4 N–H and O–H groups in total. The van der Waals surface area contributed by atoms with Gasteiger partial charge in [0.25, 0.3) is 0 Å². The van der Waals surface area contributed by atoms with Gasteiger partial charge in [-0.2, -0.15) is 0 Å². The molecule has 0 amide bonds. The maximum absolute atomic E-state index is 13.8. The molecule has 22 heavy (non-hydrogen) atoms. The summed E-state index contributed by atoms with van der Waals surface area (Å²) in [4.78, 5) is 0. The van der Waals surface area contributed by atoms with Gasteiger partial charge < -0.3 is 11.5 Å². The highest BCUT2D eigenvalue weighted by atomic mass is 19.2. The summed E-state index contributed by atoms with van der Waals surface area (Å²) in [7, 11) is 0. The molecular formula is C12H6F8N2. The maximum atomic E-state index is 13.8. The minimum atomic E-state index is -3.08. The number of hydrogen-bond donors (Lipinski definition) is 2. The van der Waals surface area contributed by atoms with Crippen LogP contribution in [0.2, 0.25) is 0 Å². The lowest BCUT2D eigenvalue weighted by atomic mass is 9.90. The molecule has 1 unspecified atom stereocenters. The Hall–Kier alpha value is -1.94. The Morgan fingerprint density at radius 1 is 0.773 bits per heavy atom. The van der Waals surface area contributed by atoms with Crippen LogP contribution in [0.25, 0.3) is 5.57 Å². The molecule has 1 aromatic carbocycles. The van der Waals surface area contributed by atoms with Crippen LogP contribution in [0.4, 0.5) is 35.1 Å². The normalized spacial score (nSPS) is 21.2. The fraction of sp³-hybridized carbons (Fsp3) is 0.167. The first-order valence-electron chi connectivity index (χ1n) is 5.52. The Kier molecular flexibility index (Phi) is 3.78. The van der Waals surface area contributed by atoms with Crippen molar-refractivity contribution in [3.05, 3.63) is 52.4 Å². The SMILES string of the molecule is NC1(N)C(F)=CC(c2c(F)c(F)c(F)c(F)c2F)=C(F)C1F. The van der Waals surface area contributed by atoms with Gasteiger partial charge in [0, 0.05) is 5.57 Å². The first-order valence-corrected chi connectivity index (χ1v) is 5.52. The molecule has 1 atom stereocenters. The third-order valence-corrected chi connectivity index (χ3v) is 3.06. The largest absolute Gasteiger partial charge is 0.305 e. The summed E-state index contributed by atoms with van der Waals surface area (Å²) in [5, 5.41) is 0. The van der Waals surface area contributed by atoms with Crippen LogP contribution in [0.5, 0.6) is 0 Å². The molecule has 0 spiro atoms. The van der Waals surface area contributed by atoms with E-state index in [1.165, 1.54) is 0 Å². The van der Waals surface area contributed by atoms with Crippen molar-refractivity contribution in [2.24, 2.45) is 11.5 Å². The molecule has 0 aromatic heterocycles. The van der Waals surface area contributed by atoms with Crippen molar-refractivity contribution >= 4 is 5.57 Å². The van der Waals surface area contributed by atoms with Crippen molar-refractivity contribution in [1.82, 2.24) is 0 Å². The Bertz CT molecular complexity index is 693. The predicted octanol–water partition coefficient (Wildman–Crippen LogP) is 2.88. The van der Waals surface area contributed by atoms with Gasteiger partial charge in [0.1, 0.15) is 11.7 Å². The predicted molar refractivity (Wildman–Crippen MR) is 59.5 cm³/mol. The Labute approximate surface area is 117 Å². The van der Waals surface area contributed by atoms with E-state index in [0.717, 1.165) is 0 Å². The van der Waals surface area contributed by atoms with Crippen LogP contribution in [0.3, 0.4) is 0 Å². The van der Waals surface area contributed by atoms with Crippen LogP contribution in [-0.2, 0) is 0 Å². The molecule has 0 fully saturated rings. The molecule has 1 aliphatic carbocycles. The second-order valence-corrected chi connectivity index (χ2v) is 4.49. The van der Waals surface area contributed by atoms with Crippen molar-refractivity contribution in [3.8, 4) is 0 Å². The molecule has 0 saturated carbocycles. The fourth-order valence-corrected chi connectivity index (χ4v) is 1.82. The van der Waals surface area contributed by atoms with Gasteiger partial charge in [0.15, 0.2) is 35.1 Å². The lowest BCUT2D eigenvalue weighted by molar-refractivity contribution is 0.199. The van der Waals surface area contributed by atoms with E-state index in [4.69, 9.17) is 11.5 Å². The van der Waals surface area contributed by atoms with E-state index in [9.17, 15) is 35.1 Å². The van der Waals surface area contributed by atoms with E-state index >= 15 is 0 Å². The molecule has 0 aliphatic heterocycles. The summed E-state index contributed by atoms with van der Waals surface area (Å²) < 4.78 is 107. The third kappa shape index (κ3) is 2.10. The molecule has 0 saturated heterocycles. The highest BCUT2D eigenvalue weighted by Gasteiger charge is 2.45. The number of benzene rings is 1. The topological polar surface area (TPSA) is 52.0 Å². The van der Waals surface area contributed by atoms with Crippen LogP contribution in [-0.4, -0.2) is 11.8 Å². The van der Waals surface area contributed by atoms with Gasteiger partial charge in [0.05, 0.1) is 5.56 Å². The lowest BCUT2D eigenvalue weighted by Gasteiger charge is -2.30. The molecule has 0 heterocycles. The summed E-state index contributed by atoms with van der Waals surface area (Å²) in [6, 6.07) is 0. The molecule has 2 nitrogen and oxygen atoms in total. The van der Waals surface area contributed by atoms with E-state index in [1.807, 2.05) is 0 Å². The van der Waals surface area contributed by atoms with Crippen LogP contribution in [0, 0.1) is 29.1 Å². The average molecular weight is 330 g/mol. The second-order valence-electron chi connectivity index (χ2n) is 4.49. The van der Waals surface area contributed by atoms with E-state index in [2.05, 4.69) is 0 Å². The number of halogens is 8. The van der Waals surface area contributed by atoms with Gasteiger partial charge >= 0.3 is 0 Å². The minimum Gasteiger partial charge on any atom is -0.305 e. The molecular weight excluding hydrogens is 324 g/mol. The van der Waals surface area contributed by atoms with Gasteiger partial charge in [0.2, 0.25) is 5.82 Å². The molecule has 10 heteroatoms. The number of hydrogen-bond acceptors (Lipinski definition) is 2. The van der Waals surface area contributed by atoms with Crippen LogP contribution < -0.4 is 11.5 Å². The van der Waals surface area contributed by atoms with Gasteiger partial charge in [-0.25, -0.2) is 35.1 Å². The maximum Gasteiger partial charge on any atom is 0.200 e. The summed E-state index contributed by atoms with van der Waals surface area (Å²) in [6.45, 7) is 0. The second kappa shape index (κ2) is 5.06. The average Bonchev–Trinajstić information content (AvgIpc) is 2.47. The van der Waals surface area contributed by atoms with Gasteiger partial charge in [-0.1, -0.05) is 0 Å². The first kappa shape index (κ1) is 16.4. The lowest BCUT2D eigenvalue weighted by Crippen LogP contribution is -2.59. The fourth-order valence-electron chi connectivity index (χ4n) is 1.82. The van der Waals surface area contributed by atoms with Crippen molar-refractivity contribution in [3.63, 3.8) is 0 Å². The zero-order chi connectivity index (χ0) is 17.0. The van der Waals surface area contributed by atoms with Crippen molar-refractivity contribution in [1.29, 1.82) is 0 Å². The Morgan fingerprint density at radius 3 is 1.64 bits per heavy atom. The monoisotopic (exact) mass is 330 g/mol. The highest BCUT2D eigenvalue weighted by molar-refractivity contribution is 5.79. The molecule has 120 valence electrons. The molecule has 2 rings (SSSR count). The number of allylic oxidation sites excluding steroid dienone is 2. The van der Waals surface area contributed by atoms with Crippen LogP contribution in [0.15, 0.2) is 17.7 Å². The number of alkyl halides is 1. The zero-order valence-electron chi connectivity index (χ0n) is 10.3. The van der Waals surface area contributed by atoms with Gasteiger partial charge in [-0.05, 0) is 6.08 Å². The Balaban J connectivity index is 2.81. The smallest absolute Gasteiger partial charge is 0.200 e. The van der Waals surface area contributed by atoms with Crippen molar-refractivity contribution in [2.45, 2.75) is 11.8 Å². The van der Waals surface area contributed by atoms with Gasteiger partial charge in [-0.3, -0.25) is 0 Å². The van der Waals surface area contributed by atoms with E-state index in [0.29, 0.717) is 0 Å². The molecule has 1 aliphatic rings. The van der Waals surface area contributed by atoms with Crippen LogP contribution in [0.1, 0.15) is 5.56 Å².